The molecule has 3 aromatic rings. The minimum atomic E-state index is -1.04. The Morgan fingerprint density at radius 2 is 1.91 bits per heavy atom. The Morgan fingerprint density at radius 1 is 1.15 bits per heavy atom. The lowest BCUT2D eigenvalue weighted by Gasteiger charge is -2.18. The zero-order chi connectivity index (χ0) is 24.1. The number of rotatable bonds is 8. The van der Waals surface area contributed by atoms with Crippen LogP contribution in [0.2, 0.25) is 0 Å². The number of aromatic nitrogens is 2. The van der Waals surface area contributed by atoms with E-state index in [9.17, 15) is 14.4 Å². The summed E-state index contributed by atoms with van der Waals surface area (Å²) in [4.78, 5) is 43.4. The fourth-order valence-corrected chi connectivity index (χ4v) is 3.30. The fraction of sp³-hybridized carbons (Fsp3) is 0.304. The molecule has 3 rings (SSSR count). The van der Waals surface area contributed by atoms with Crippen molar-refractivity contribution in [2.24, 2.45) is 0 Å². The molecule has 0 bridgehead atoms. The van der Waals surface area contributed by atoms with Gasteiger partial charge in [-0.05, 0) is 30.7 Å². The van der Waals surface area contributed by atoms with Crippen LogP contribution in [0.4, 0.5) is 11.4 Å². The molecule has 0 aliphatic heterocycles. The molecule has 2 aromatic carbocycles. The fourth-order valence-electron chi connectivity index (χ4n) is 3.30. The van der Waals surface area contributed by atoms with Crippen LogP contribution in [0.25, 0.3) is 10.9 Å². The molecule has 1 atom stereocenters. The number of nitrogens with zero attached hydrogens (tertiary/aromatic N) is 3. The van der Waals surface area contributed by atoms with E-state index in [1.165, 1.54) is 32.7 Å². The smallest absolute Gasteiger partial charge is 0.329 e. The molecular formula is C23H26N4O6. The van der Waals surface area contributed by atoms with Gasteiger partial charge in [0.25, 0.3) is 5.56 Å². The first-order chi connectivity index (χ1) is 15.7. The summed E-state index contributed by atoms with van der Waals surface area (Å²) in [7, 11) is 6.28. The second-order valence-electron chi connectivity index (χ2n) is 7.51. The van der Waals surface area contributed by atoms with Gasteiger partial charge in [-0.2, -0.15) is 0 Å². The Balaban J connectivity index is 2.03. The van der Waals surface area contributed by atoms with Gasteiger partial charge in [0.2, 0.25) is 0 Å². The maximum Gasteiger partial charge on any atom is 0.329 e. The van der Waals surface area contributed by atoms with Crippen molar-refractivity contribution in [1.29, 1.82) is 0 Å². The number of methoxy groups -OCH3 is 2. The number of hydrogen-bond acceptors (Lipinski definition) is 9. The highest BCUT2D eigenvalue weighted by Crippen LogP contribution is 2.32. The van der Waals surface area contributed by atoms with Crippen molar-refractivity contribution in [1.82, 2.24) is 9.55 Å². The van der Waals surface area contributed by atoms with Crippen LogP contribution in [0.1, 0.15) is 18.9 Å². The molecule has 2 N–H and O–H groups in total. The molecule has 0 aliphatic rings. The average molecular weight is 454 g/mol. The van der Waals surface area contributed by atoms with E-state index in [1.54, 1.807) is 6.07 Å². The van der Waals surface area contributed by atoms with Gasteiger partial charge in [0.1, 0.15) is 11.8 Å². The van der Waals surface area contributed by atoms with Gasteiger partial charge in [0.05, 0.1) is 37.1 Å². The lowest BCUT2D eigenvalue weighted by molar-refractivity contribution is -0.146. The summed E-state index contributed by atoms with van der Waals surface area (Å²) < 4.78 is 16.5. The highest BCUT2D eigenvalue weighted by Gasteiger charge is 2.25. The molecule has 1 aromatic heterocycles. The number of carbonyl (C=O) groups excluding carboxylic acids is 2. The molecule has 10 nitrogen and oxygen atoms in total. The van der Waals surface area contributed by atoms with Crippen LogP contribution >= 0.6 is 0 Å². The van der Waals surface area contributed by atoms with Crippen LogP contribution in [0, 0.1) is 0 Å². The van der Waals surface area contributed by atoms with E-state index in [0.29, 0.717) is 17.0 Å². The monoisotopic (exact) mass is 454 g/mol. The summed E-state index contributed by atoms with van der Waals surface area (Å²) in [6.07, 6.45) is 1.19. The van der Waals surface area contributed by atoms with E-state index in [2.05, 4.69) is 9.72 Å². The van der Waals surface area contributed by atoms with E-state index in [4.69, 9.17) is 15.2 Å². The summed E-state index contributed by atoms with van der Waals surface area (Å²) in [6.45, 7) is 0. The topological polar surface area (TPSA) is 126 Å². The predicted octanol–water partition coefficient (Wildman–Crippen LogP) is 2.50. The third-order valence-corrected chi connectivity index (χ3v) is 5.13. The number of carbonyl (C=O) groups is 2. The van der Waals surface area contributed by atoms with E-state index in [-0.39, 0.29) is 24.0 Å². The van der Waals surface area contributed by atoms with Crippen LogP contribution in [-0.2, 0) is 19.1 Å². The van der Waals surface area contributed by atoms with Crippen molar-refractivity contribution in [3.8, 4) is 11.5 Å². The van der Waals surface area contributed by atoms with Crippen molar-refractivity contribution < 1.29 is 23.8 Å². The maximum absolute atomic E-state index is 13.3. The summed E-state index contributed by atoms with van der Waals surface area (Å²) >= 11 is 0. The second-order valence-corrected chi connectivity index (χ2v) is 7.51. The number of benzene rings is 2. The first kappa shape index (κ1) is 23.6. The van der Waals surface area contributed by atoms with Crippen LogP contribution in [-0.4, -0.2) is 49.8 Å². The minimum absolute atomic E-state index is 0.0160. The number of anilines is 2. The van der Waals surface area contributed by atoms with E-state index < -0.39 is 23.5 Å². The third kappa shape index (κ3) is 5.22. The zero-order valence-electron chi connectivity index (χ0n) is 18.9. The van der Waals surface area contributed by atoms with E-state index in [0.717, 1.165) is 10.3 Å². The summed E-state index contributed by atoms with van der Waals surface area (Å²) in [5, 5.41) is 0.206. The lowest BCUT2D eigenvalue weighted by atomic mass is 10.1. The van der Waals surface area contributed by atoms with Crippen molar-refractivity contribution in [3.63, 3.8) is 0 Å². The standard InChI is InChI=1S/C23H26N4O6/c1-26(2)14-6-5-7-15(10-14)33-20-11-16-18(12-17(20)24)25-13-27(22(16)29)19(23(30)32-4)8-9-21(28)31-3/h5-7,10-13,19H,8-9,24H2,1-4H3/t19-/m1/s1. The summed E-state index contributed by atoms with van der Waals surface area (Å²) in [5.74, 6) is -0.357. The molecule has 0 radical (unpaired) electrons. The molecule has 0 amide bonds. The Labute approximate surface area is 190 Å². The summed E-state index contributed by atoms with van der Waals surface area (Å²) in [5.41, 5.74) is 7.23. The Hall–Kier alpha value is -4.08. The number of hydrogen-bond donors (Lipinski definition) is 1. The van der Waals surface area contributed by atoms with Crippen molar-refractivity contribution in [2.45, 2.75) is 18.9 Å². The van der Waals surface area contributed by atoms with Gasteiger partial charge < -0.3 is 24.8 Å². The van der Waals surface area contributed by atoms with Crippen molar-refractivity contribution >= 4 is 34.2 Å². The SMILES string of the molecule is COC(=O)CC[C@H](C(=O)OC)n1cnc2cc(N)c(Oc3cccc(N(C)C)c3)cc2c1=O. The van der Waals surface area contributed by atoms with Gasteiger partial charge in [0, 0.05) is 32.3 Å². The highest BCUT2D eigenvalue weighted by molar-refractivity contribution is 5.85. The van der Waals surface area contributed by atoms with Gasteiger partial charge in [-0.25, -0.2) is 9.78 Å². The molecule has 174 valence electrons. The molecule has 0 saturated heterocycles. The van der Waals surface area contributed by atoms with Gasteiger partial charge in [-0.3, -0.25) is 14.2 Å². The molecular weight excluding hydrogens is 428 g/mol. The Morgan fingerprint density at radius 3 is 2.58 bits per heavy atom. The molecule has 0 unspecified atom stereocenters. The normalized spacial score (nSPS) is 11.6. The maximum atomic E-state index is 13.3. The number of fused-ring (bicyclic) bond motifs is 1. The highest BCUT2D eigenvalue weighted by atomic mass is 16.5. The van der Waals surface area contributed by atoms with Crippen molar-refractivity contribution in [3.05, 3.63) is 53.1 Å². The van der Waals surface area contributed by atoms with Gasteiger partial charge in [0.15, 0.2) is 5.75 Å². The number of nitrogen functional groups attached to an aromatic ring is 1. The predicted molar refractivity (Wildman–Crippen MR) is 124 cm³/mol. The molecule has 33 heavy (non-hydrogen) atoms. The largest absolute Gasteiger partial charge is 0.469 e. The zero-order valence-corrected chi connectivity index (χ0v) is 18.9. The average Bonchev–Trinajstić information content (AvgIpc) is 2.81. The first-order valence-corrected chi connectivity index (χ1v) is 10.2. The van der Waals surface area contributed by atoms with E-state index in [1.807, 2.05) is 37.2 Å². The van der Waals surface area contributed by atoms with Crippen LogP contribution < -0.4 is 20.9 Å². The molecule has 0 spiro atoms. The van der Waals surface area contributed by atoms with E-state index >= 15 is 0 Å². The molecule has 0 fully saturated rings. The van der Waals surface area contributed by atoms with Crippen LogP contribution in [0.3, 0.4) is 0 Å². The number of nitrogens with two attached hydrogens (primary N) is 1. The van der Waals surface area contributed by atoms with Crippen LogP contribution in [0.5, 0.6) is 11.5 Å². The minimum Gasteiger partial charge on any atom is -0.469 e. The number of ether oxygens (including phenoxy) is 3. The Kier molecular flexibility index (Phi) is 7.17. The van der Waals surface area contributed by atoms with Crippen molar-refractivity contribution in [2.75, 3.05) is 38.9 Å². The number of esters is 2. The Bertz CT molecular complexity index is 1240. The molecule has 1 heterocycles. The summed E-state index contributed by atoms with van der Waals surface area (Å²) in [6, 6.07) is 9.38. The molecule has 0 saturated carbocycles. The molecule has 10 heteroatoms. The third-order valence-electron chi connectivity index (χ3n) is 5.13. The quantitative estimate of drug-likeness (QED) is 0.403. The second kappa shape index (κ2) is 10.0. The van der Waals surface area contributed by atoms with Gasteiger partial charge >= 0.3 is 11.9 Å². The van der Waals surface area contributed by atoms with Crippen LogP contribution in [0.15, 0.2) is 47.5 Å². The lowest BCUT2D eigenvalue weighted by Crippen LogP contribution is -2.31. The van der Waals surface area contributed by atoms with Gasteiger partial charge in [-0.15, -0.1) is 0 Å². The molecule has 0 aliphatic carbocycles. The van der Waals surface area contributed by atoms with Gasteiger partial charge in [-0.1, -0.05) is 6.07 Å². The first-order valence-electron chi connectivity index (χ1n) is 10.2.